The summed E-state index contributed by atoms with van der Waals surface area (Å²) in [5.41, 5.74) is 0. The van der Waals surface area contributed by atoms with Gasteiger partial charge < -0.3 is 10.0 Å². The average molecular weight is 257 g/mol. The number of hydrogen-bond donors (Lipinski definition) is 1. The molecule has 1 N–H and O–H groups in total. The lowest BCUT2D eigenvalue weighted by molar-refractivity contribution is 0.0434. The molecular formula is C14H31N3O. The number of rotatable bonds is 7. The fourth-order valence-corrected chi connectivity index (χ4v) is 2.25. The van der Waals surface area contributed by atoms with Gasteiger partial charge in [0, 0.05) is 45.8 Å². The van der Waals surface area contributed by atoms with E-state index in [1.165, 1.54) is 0 Å². The summed E-state index contributed by atoms with van der Waals surface area (Å²) in [7, 11) is 4.25. The predicted molar refractivity (Wildman–Crippen MR) is 76.9 cm³/mol. The standard InChI is InChI=1S/C14H31N3O/c1-5-13(2)14(18)12-17-10-8-16(9-11-17)7-6-15(3)4/h13-14,18H,5-12H2,1-4H3. The van der Waals surface area contributed by atoms with Crippen LogP contribution >= 0.6 is 0 Å². The molecule has 0 bridgehead atoms. The van der Waals surface area contributed by atoms with Gasteiger partial charge in [-0.2, -0.15) is 0 Å². The molecule has 2 atom stereocenters. The van der Waals surface area contributed by atoms with Crippen molar-refractivity contribution in [2.24, 2.45) is 5.92 Å². The normalized spacial score (nSPS) is 22.3. The molecule has 1 heterocycles. The summed E-state index contributed by atoms with van der Waals surface area (Å²) in [5.74, 6) is 0.414. The van der Waals surface area contributed by atoms with E-state index in [9.17, 15) is 5.11 Å². The third kappa shape index (κ3) is 5.65. The van der Waals surface area contributed by atoms with Crippen molar-refractivity contribution < 1.29 is 5.11 Å². The summed E-state index contributed by atoms with van der Waals surface area (Å²) in [6.07, 6.45) is 0.896. The number of hydrogen-bond acceptors (Lipinski definition) is 4. The van der Waals surface area contributed by atoms with Gasteiger partial charge in [0.25, 0.3) is 0 Å². The number of nitrogens with zero attached hydrogens (tertiary/aromatic N) is 3. The van der Waals surface area contributed by atoms with Crippen LogP contribution < -0.4 is 0 Å². The Morgan fingerprint density at radius 3 is 2.17 bits per heavy atom. The fraction of sp³-hybridized carbons (Fsp3) is 1.00. The van der Waals surface area contributed by atoms with Crippen LogP contribution in [0.5, 0.6) is 0 Å². The van der Waals surface area contributed by atoms with Gasteiger partial charge in [0.2, 0.25) is 0 Å². The molecule has 18 heavy (non-hydrogen) atoms. The quantitative estimate of drug-likeness (QED) is 0.722. The van der Waals surface area contributed by atoms with E-state index in [0.717, 1.165) is 52.2 Å². The van der Waals surface area contributed by atoms with Crippen molar-refractivity contribution in [3.05, 3.63) is 0 Å². The molecule has 0 spiro atoms. The minimum atomic E-state index is -0.164. The lowest BCUT2D eigenvalue weighted by atomic mass is 10.0. The first kappa shape index (κ1) is 15.9. The molecule has 2 unspecified atom stereocenters. The molecule has 4 nitrogen and oxygen atoms in total. The molecule has 1 aliphatic rings. The molecule has 0 aliphatic carbocycles. The Balaban J connectivity index is 2.19. The Bertz CT molecular complexity index is 215. The summed E-state index contributed by atoms with van der Waals surface area (Å²) < 4.78 is 0. The van der Waals surface area contributed by atoms with Crippen LogP contribution in [0.2, 0.25) is 0 Å². The van der Waals surface area contributed by atoms with E-state index in [1.807, 2.05) is 0 Å². The highest BCUT2D eigenvalue weighted by molar-refractivity contribution is 4.76. The highest BCUT2D eigenvalue weighted by Gasteiger charge is 2.21. The Kier molecular flexibility index (Phi) is 7.15. The van der Waals surface area contributed by atoms with Gasteiger partial charge in [-0.3, -0.25) is 9.80 Å². The van der Waals surface area contributed by atoms with Crippen molar-refractivity contribution in [1.29, 1.82) is 0 Å². The predicted octanol–water partition coefficient (Wildman–Crippen LogP) is 0.573. The van der Waals surface area contributed by atoms with Crippen molar-refractivity contribution in [2.45, 2.75) is 26.4 Å². The number of piperazine rings is 1. The third-order valence-electron chi connectivity index (χ3n) is 4.07. The zero-order chi connectivity index (χ0) is 13.5. The van der Waals surface area contributed by atoms with E-state index in [4.69, 9.17) is 0 Å². The Labute approximate surface area is 113 Å². The Morgan fingerprint density at radius 2 is 1.67 bits per heavy atom. The molecular weight excluding hydrogens is 226 g/mol. The minimum absolute atomic E-state index is 0.164. The second kappa shape index (κ2) is 8.10. The van der Waals surface area contributed by atoms with E-state index in [0.29, 0.717) is 5.92 Å². The van der Waals surface area contributed by atoms with Gasteiger partial charge in [0.15, 0.2) is 0 Å². The largest absolute Gasteiger partial charge is 0.392 e. The van der Waals surface area contributed by atoms with Gasteiger partial charge in [-0.15, -0.1) is 0 Å². The number of aliphatic hydroxyl groups is 1. The Hall–Kier alpha value is -0.160. The first-order chi connectivity index (χ1) is 8.52. The zero-order valence-electron chi connectivity index (χ0n) is 12.6. The zero-order valence-corrected chi connectivity index (χ0v) is 12.6. The van der Waals surface area contributed by atoms with E-state index < -0.39 is 0 Å². The van der Waals surface area contributed by atoms with Crippen molar-refractivity contribution in [3.8, 4) is 0 Å². The molecule has 1 aliphatic heterocycles. The van der Waals surface area contributed by atoms with Crippen LogP contribution in [0.1, 0.15) is 20.3 Å². The fourth-order valence-electron chi connectivity index (χ4n) is 2.25. The SMILES string of the molecule is CCC(C)C(O)CN1CCN(CCN(C)C)CC1. The van der Waals surface area contributed by atoms with Gasteiger partial charge >= 0.3 is 0 Å². The highest BCUT2D eigenvalue weighted by Crippen LogP contribution is 2.10. The van der Waals surface area contributed by atoms with Crippen LogP contribution in [0.4, 0.5) is 0 Å². The smallest absolute Gasteiger partial charge is 0.0692 e. The van der Waals surface area contributed by atoms with Crippen LogP contribution in [-0.4, -0.2) is 85.8 Å². The topological polar surface area (TPSA) is 30.0 Å². The molecule has 1 rings (SSSR count). The number of likely N-dealkylation sites (N-methyl/N-ethyl adjacent to an activating group) is 1. The molecule has 0 aromatic rings. The lowest BCUT2D eigenvalue weighted by Gasteiger charge is -2.36. The summed E-state index contributed by atoms with van der Waals surface area (Å²) in [4.78, 5) is 7.16. The average Bonchev–Trinajstić information content (AvgIpc) is 2.36. The molecule has 0 saturated carbocycles. The molecule has 0 aromatic heterocycles. The van der Waals surface area contributed by atoms with E-state index in [-0.39, 0.29) is 6.10 Å². The van der Waals surface area contributed by atoms with Gasteiger partial charge in [-0.05, 0) is 20.0 Å². The maximum atomic E-state index is 10.1. The first-order valence-corrected chi connectivity index (χ1v) is 7.30. The van der Waals surface area contributed by atoms with Crippen molar-refractivity contribution in [1.82, 2.24) is 14.7 Å². The molecule has 0 aromatic carbocycles. The molecule has 1 fully saturated rings. The van der Waals surface area contributed by atoms with Gasteiger partial charge in [0.1, 0.15) is 0 Å². The van der Waals surface area contributed by atoms with Crippen molar-refractivity contribution in [2.75, 3.05) is 59.9 Å². The van der Waals surface area contributed by atoms with Gasteiger partial charge in [0.05, 0.1) is 6.10 Å². The molecule has 1 saturated heterocycles. The van der Waals surface area contributed by atoms with Crippen molar-refractivity contribution >= 4 is 0 Å². The second-order valence-electron chi connectivity index (χ2n) is 5.90. The molecule has 0 amide bonds. The van der Waals surface area contributed by atoms with Crippen molar-refractivity contribution in [3.63, 3.8) is 0 Å². The molecule has 108 valence electrons. The van der Waals surface area contributed by atoms with Crippen LogP contribution in [0, 0.1) is 5.92 Å². The monoisotopic (exact) mass is 257 g/mol. The maximum absolute atomic E-state index is 10.1. The highest BCUT2D eigenvalue weighted by atomic mass is 16.3. The minimum Gasteiger partial charge on any atom is -0.392 e. The van der Waals surface area contributed by atoms with Crippen LogP contribution in [0.15, 0.2) is 0 Å². The summed E-state index contributed by atoms with van der Waals surface area (Å²) >= 11 is 0. The van der Waals surface area contributed by atoms with Crippen LogP contribution in [-0.2, 0) is 0 Å². The summed E-state index contributed by atoms with van der Waals surface area (Å²) in [6.45, 7) is 11.9. The lowest BCUT2D eigenvalue weighted by Crippen LogP contribution is -2.50. The first-order valence-electron chi connectivity index (χ1n) is 7.30. The van der Waals surface area contributed by atoms with E-state index in [2.05, 4.69) is 42.6 Å². The molecule has 0 radical (unpaired) electrons. The van der Waals surface area contributed by atoms with E-state index >= 15 is 0 Å². The number of β-amino-alcohol motifs (C(OH)–C–C–N with tert-alkyl or cyclic N) is 1. The van der Waals surface area contributed by atoms with Gasteiger partial charge in [-0.25, -0.2) is 0 Å². The second-order valence-corrected chi connectivity index (χ2v) is 5.90. The summed E-state index contributed by atoms with van der Waals surface area (Å²) in [6, 6.07) is 0. The van der Waals surface area contributed by atoms with Crippen LogP contribution in [0.25, 0.3) is 0 Å². The number of aliphatic hydroxyl groups excluding tert-OH is 1. The Morgan fingerprint density at radius 1 is 1.11 bits per heavy atom. The summed E-state index contributed by atoms with van der Waals surface area (Å²) in [5, 5.41) is 10.1. The van der Waals surface area contributed by atoms with E-state index in [1.54, 1.807) is 0 Å². The maximum Gasteiger partial charge on any atom is 0.0692 e. The van der Waals surface area contributed by atoms with Crippen LogP contribution in [0.3, 0.4) is 0 Å². The van der Waals surface area contributed by atoms with Gasteiger partial charge in [-0.1, -0.05) is 20.3 Å². The third-order valence-corrected chi connectivity index (χ3v) is 4.07. The molecule has 4 heteroatoms.